The molecule has 1 atom stereocenters. The molecule has 1 unspecified atom stereocenters. The maximum Gasteiger partial charge on any atom is 0.112 e. The van der Waals surface area contributed by atoms with Gasteiger partial charge in [0.1, 0.15) is 4.34 Å². The highest BCUT2D eigenvalue weighted by atomic mass is 35.5. The Morgan fingerprint density at radius 3 is 2.93 bits per heavy atom. The number of rotatable bonds is 3. The van der Waals surface area contributed by atoms with Crippen molar-refractivity contribution in [2.75, 3.05) is 20.1 Å². The van der Waals surface area contributed by atoms with Crippen LogP contribution in [-0.4, -0.2) is 31.1 Å². The van der Waals surface area contributed by atoms with Crippen molar-refractivity contribution in [2.24, 2.45) is 0 Å². The number of likely N-dealkylation sites (N-methyl/N-ethyl adjacent to an activating group) is 1. The Morgan fingerprint density at radius 2 is 2.40 bits per heavy atom. The minimum Gasteiger partial charge on any atom is -0.315 e. The molecule has 0 bridgehead atoms. The van der Waals surface area contributed by atoms with Crippen molar-refractivity contribution in [2.45, 2.75) is 19.0 Å². The largest absolute Gasteiger partial charge is 0.315 e. The molecule has 1 aliphatic heterocycles. The first-order valence-corrected chi connectivity index (χ1v) is 6.64. The first-order chi connectivity index (χ1) is 7.18. The molecule has 1 saturated heterocycles. The normalized spacial score (nSPS) is 21.5. The summed E-state index contributed by atoms with van der Waals surface area (Å²) in [6, 6.07) is 0.625. The lowest BCUT2D eigenvalue weighted by Gasteiger charge is -2.22. The van der Waals surface area contributed by atoms with Crippen LogP contribution in [0.5, 0.6) is 0 Å². The summed E-state index contributed by atoms with van der Waals surface area (Å²) in [4.78, 5) is 2.34. The lowest BCUT2D eigenvalue weighted by atomic mass is 10.2. The van der Waals surface area contributed by atoms with Gasteiger partial charge < -0.3 is 5.32 Å². The maximum absolute atomic E-state index is 6.10. The van der Waals surface area contributed by atoms with Crippen LogP contribution >= 0.6 is 34.5 Å². The fourth-order valence-corrected chi connectivity index (χ4v) is 3.11. The monoisotopic (exact) mass is 264 g/mol. The fourth-order valence-electron chi connectivity index (χ4n) is 1.87. The van der Waals surface area contributed by atoms with Gasteiger partial charge in [-0.15, -0.1) is 11.3 Å². The van der Waals surface area contributed by atoms with Crippen molar-refractivity contribution in [1.82, 2.24) is 10.2 Å². The number of nitrogens with zero attached hydrogens (tertiary/aromatic N) is 1. The van der Waals surface area contributed by atoms with E-state index in [1.165, 1.54) is 17.8 Å². The predicted octanol–water partition coefficient (Wildman–Crippen LogP) is 2.85. The van der Waals surface area contributed by atoms with Gasteiger partial charge >= 0.3 is 0 Å². The zero-order valence-corrected chi connectivity index (χ0v) is 10.9. The summed E-state index contributed by atoms with van der Waals surface area (Å²) in [6.07, 6.45) is 1.21. The molecule has 2 nitrogen and oxygen atoms in total. The Bertz CT molecular complexity index is 334. The average Bonchev–Trinajstić information content (AvgIpc) is 2.83. The summed E-state index contributed by atoms with van der Waals surface area (Å²) in [7, 11) is 2.14. The molecule has 0 radical (unpaired) electrons. The first-order valence-electron chi connectivity index (χ1n) is 5.01. The van der Waals surface area contributed by atoms with E-state index >= 15 is 0 Å². The highest BCUT2D eigenvalue weighted by Crippen LogP contribution is 2.33. The number of thiophene rings is 1. The molecule has 1 aromatic heterocycles. The quantitative estimate of drug-likeness (QED) is 0.904. The second-order valence-electron chi connectivity index (χ2n) is 3.91. The summed E-state index contributed by atoms with van der Waals surface area (Å²) in [5.41, 5.74) is 1.14. The molecule has 0 aromatic carbocycles. The van der Waals surface area contributed by atoms with Crippen LogP contribution in [-0.2, 0) is 6.54 Å². The van der Waals surface area contributed by atoms with Crippen LogP contribution < -0.4 is 5.32 Å². The van der Waals surface area contributed by atoms with Gasteiger partial charge in [0.05, 0.1) is 5.02 Å². The highest BCUT2D eigenvalue weighted by Gasteiger charge is 2.20. The molecule has 2 heterocycles. The lowest BCUT2D eigenvalue weighted by molar-refractivity contribution is 0.249. The molecule has 0 spiro atoms. The van der Waals surface area contributed by atoms with Crippen molar-refractivity contribution in [3.8, 4) is 0 Å². The highest BCUT2D eigenvalue weighted by molar-refractivity contribution is 7.15. The molecule has 0 amide bonds. The van der Waals surface area contributed by atoms with E-state index in [1.54, 1.807) is 0 Å². The van der Waals surface area contributed by atoms with Crippen LogP contribution in [0.1, 0.15) is 12.0 Å². The number of hydrogen-bond acceptors (Lipinski definition) is 3. The number of halogens is 2. The summed E-state index contributed by atoms with van der Waals surface area (Å²) < 4.78 is 0.699. The maximum atomic E-state index is 6.10. The Labute approximate surface area is 104 Å². The zero-order chi connectivity index (χ0) is 10.8. The molecule has 2 rings (SSSR count). The molecule has 1 fully saturated rings. The second kappa shape index (κ2) is 5.02. The Kier molecular flexibility index (Phi) is 3.91. The van der Waals surface area contributed by atoms with E-state index in [1.807, 2.05) is 5.38 Å². The predicted molar refractivity (Wildman–Crippen MR) is 67.1 cm³/mol. The summed E-state index contributed by atoms with van der Waals surface area (Å²) in [5.74, 6) is 0. The van der Waals surface area contributed by atoms with E-state index in [9.17, 15) is 0 Å². The molecule has 0 saturated carbocycles. The van der Waals surface area contributed by atoms with Gasteiger partial charge in [0.2, 0.25) is 0 Å². The third-order valence-electron chi connectivity index (χ3n) is 2.84. The van der Waals surface area contributed by atoms with Crippen LogP contribution in [0.3, 0.4) is 0 Å². The molecular formula is C10H14Cl2N2S. The summed E-state index contributed by atoms with van der Waals surface area (Å²) in [6.45, 7) is 3.08. The number of hydrogen-bond donors (Lipinski definition) is 1. The molecule has 1 aromatic rings. The van der Waals surface area contributed by atoms with Gasteiger partial charge in [-0.1, -0.05) is 23.2 Å². The molecular weight excluding hydrogens is 251 g/mol. The molecule has 1 N–H and O–H groups in total. The first kappa shape index (κ1) is 11.7. The number of nitrogens with one attached hydrogen (secondary N) is 1. The average molecular weight is 265 g/mol. The molecule has 1 aliphatic rings. The van der Waals surface area contributed by atoms with Crippen LogP contribution in [0.25, 0.3) is 0 Å². The SMILES string of the molecule is CN(Cc1csc(Cl)c1Cl)C1CCNC1. The van der Waals surface area contributed by atoms with E-state index in [0.29, 0.717) is 10.4 Å². The van der Waals surface area contributed by atoms with Crippen molar-refractivity contribution in [1.29, 1.82) is 0 Å². The van der Waals surface area contributed by atoms with Gasteiger partial charge in [-0.2, -0.15) is 0 Å². The van der Waals surface area contributed by atoms with Crippen molar-refractivity contribution in [3.05, 3.63) is 20.3 Å². The van der Waals surface area contributed by atoms with Crippen LogP contribution in [0.15, 0.2) is 5.38 Å². The van der Waals surface area contributed by atoms with Gasteiger partial charge in [-0.05, 0) is 31.0 Å². The van der Waals surface area contributed by atoms with E-state index in [2.05, 4.69) is 17.3 Å². The van der Waals surface area contributed by atoms with E-state index in [4.69, 9.17) is 23.2 Å². The zero-order valence-electron chi connectivity index (χ0n) is 8.59. The van der Waals surface area contributed by atoms with Crippen molar-refractivity contribution < 1.29 is 0 Å². The standard InChI is InChI=1S/C10H14Cl2N2S/c1-14(8-2-3-13-4-8)5-7-6-15-10(12)9(7)11/h6,8,13H,2-5H2,1H3. The molecule has 0 aliphatic carbocycles. The Hall–Kier alpha value is 0.200. The smallest absolute Gasteiger partial charge is 0.112 e. The van der Waals surface area contributed by atoms with Crippen LogP contribution in [0.2, 0.25) is 9.36 Å². The topological polar surface area (TPSA) is 15.3 Å². The summed E-state index contributed by atoms with van der Waals surface area (Å²) in [5, 5.41) is 6.13. The third kappa shape index (κ3) is 2.66. The Balaban J connectivity index is 1.98. The fraction of sp³-hybridized carbons (Fsp3) is 0.600. The summed E-state index contributed by atoms with van der Waals surface area (Å²) >= 11 is 13.5. The molecule has 15 heavy (non-hydrogen) atoms. The van der Waals surface area contributed by atoms with Gasteiger partial charge in [-0.3, -0.25) is 4.90 Å². The second-order valence-corrected chi connectivity index (χ2v) is 5.77. The van der Waals surface area contributed by atoms with Gasteiger partial charge in [0.15, 0.2) is 0 Å². The minimum atomic E-state index is 0.625. The Morgan fingerprint density at radius 1 is 1.60 bits per heavy atom. The lowest BCUT2D eigenvalue weighted by Crippen LogP contribution is -2.32. The van der Waals surface area contributed by atoms with Crippen molar-refractivity contribution >= 4 is 34.5 Å². The van der Waals surface area contributed by atoms with E-state index in [-0.39, 0.29) is 0 Å². The van der Waals surface area contributed by atoms with Crippen LogP contribution in [0, 0.1) is 0 Å². The van der Waals surface area contributed by atoms with E-state index in [0.717, 1.165) is 30.2 Å². The third-order valence-corrected chi connectivity index (χ3v) is 4.75. The minimum absolute atomic E-state index is 0.625. The molecule has 84 valence electrons. The van der Waals surface area contributed by atoms with Gasteiger partial charge in [0.25, 0.3) is 0 Å². The van der Waals surface area contributed by atoms with Gasteiger partial charge in [0, 0.05) is 19.1 Å². The van der Waals surface area contributed by atoms with Crippen LogP contribution in [0.4, 0.5) is 0 Å². The van der Waals surface area contributed by atoms with E-state index < -0.39 is 0 Å². The van der Waals surface area contributed by atoms with Gasteiger partial charge in [-0.25, -0.2) is 0 Å². The van der Waals surface area contributed by atoms with Crippen molar-refractivity contribution in [3.63, 3.8) is 0 Å². The molecule has 5 heteroatoms.